The fourth-order valence-corrected chi connectivity index (χ4v) is 1.60. The molecule has 0 heterocycles. The van der Waals surface area contributed by atoms with Crippen molar-refractivity contribution in [2.45, 2.75) is 30.8 Å². The fraction of sp³-hybridized carbons (Fsp3) is 0.455. The van der Waals surface area contributed by atoms with E-state index in [0.717, 1.165) is 12.8 Å². The lowest BCUT2D eigenvalue weighted by Crippen LogP contribution is -2.34. The number of nitrogens with two attached hydrogens (primary N) is 1. The third-order valence-corrected chi connectivity index (χ3v) is 2.99. The molecule has 1 aromatic carbocycles. The van der Waals surface area contributed by atoms with Gasteiger partial charge >= 0.3 is 0 Å². The molecule has 8 heteroatoms. The lowest BCUT2D eigenvalue weighted by atomic mass is 10.3. The zero-order valence-electron chi connectivity index (χ0n) is 10.9. The molecule has 0 aliphatic carbocycles. The highest BCUT2D eigenvalue weighted by molar-refractivity contribution is 7.85. The van der Waals surface area contributed by atoms with Gasteiger partial charge in [-0.1, -0.05) is 13.3 Å². The number of ether oxygens (including phenoxy) is 1. The summed E-state index contributed by atoms with van der Waals surface area (Å²) in [6.07, 6.45) is 1.57. The summed E-state index contributed by atoms with van der Waals surface area (Å²) in [4.78, 5) is -0.136. The number of methoxy groups -OCH3 is 1. The van der Waals surface area contributed by atoms with Gasteiger partial charge in [0.15, 0.2) is 0 Å². The quantitative estimate of drug-likeness (QED) is 0.362. The van der Waals surface area contributed by atoms with Crippen LogP contribution in [0, 0.1) is 0 Å². The zero-order valence-corrected chi connectivity index (χ0v) is 11.7. The number of hydrogen-bond donors (Lipinski definition) is 4. The normalized spacial score (nSPS) is 12.3. The van der Waals surface area contributed by atoms with E-state index in [4.69, 9.17) is 20.2 Å². The van der Waals surface area contributed by atoms with E-state index in [-0.39, 0.29) is 11.1 Å². The molecule has 19 heavy (non-hydrogen) atoms. The van der Waals surface area contributed by atoms with Crippen molar-refractivity contribution in [3.63, 3.8) is 0 Å². The number of hydrogen-bond acceptors (Lipinski definition) is 6. The molecule has 1 unspecified atom stereocenters. The second-order valence-corrected chi connectivity index (χ2v) is 5.10. The second kappa shape index (κ2) is 8.83. The topological polar surface area (TPSA) is 122 Å². The molecule has 5 N–H and O–H groups in total. The van der Waals surface area contributed by atoms with Crippen LogP contribution in [0.4, 0.5) is 0 Å². The highest BCUT2D eigenvalue weighted by atomic mass is 32.2. The smallest absolute Gasteiger partial charge is 0.294 e. The standard InChI is InChI=1S/C7H8O4S.C4H12N2O/c1-11-6-2-4-7(5-3-6)12(8,9)10;1-2-3-4(5)6-7/h2-5H,1H3,(H,8,9,10);4,6-7H,2-3,5H2,1H3. The van der Waals surface area contributed by atoms with Crippen LogP contribution in [-0.2, 0) is 10.1 Å². The summed E-state index contributed by atoms with van der Waals surface area (Å²) in [5.74, 6) is 0.544. The molecule has 0 saturated carbocycles. The SMILES string of the molecule is CCCC(N)NO.COc1ccc(S(=O)(=O)O)cc1. The first-order chi connectivity index (χ1) is 8.85. The number of nitrogens with one attached hydrogen (secondary N) is 1. The van der Waals surface area contributed by atoms with Gasteiger partial charge in [-0.25, -0.2) is 0 Å². The minimum absolute atomic E-state index is 0.136. The minimum atomic E-state index is -4.08. The minimum Gasteiger partial charge on any atom is -0.497 e. The van der Waals surface area contributed by atoms with Gasteiger partial charge in [0.25, 0.3) is 10.1 Å². The summed E-state index contributed by atoms with van der Waals surface area (Å²) >= 11 is 0. The van der Waals surface area contributed by atoms with Crippen molar-refractivity contribution in [2.24, 2.45) is 5.73 Å². The Morgan fingerprint density at radius 1 is 1.37 bits per heavy atom. The van der Waals surface area contributed by atoms with Gasteiger partial charge in [-0.15, -0.1) is 0 Å². The lowest BCUT2D eigenvalue weighted by Gasteiger charge is -2.04. The van der Waals surface area contributed by atoms with E-state index in [2.05, 4.69) is 0 Å². The summed E-state index contributed by atoms with van der Waals surface area (Å²) in [6, 6.07) is 5.47. The third kappa shape index (κ3) is 7.75. The van der Waals surface area contributed by atoms with Crippen molar-refractivity contribution in [2.75, 3.05) is 7.11 Å². The molecule has 7 nitrogen and oxygen atoms in total. The van der Waals surface area contributed by atoms with Crippen LogP contribution in [0.5, 0.6) is 5.75 Å². The third-order valence-electron chi connectivity index (χ3n) is 2.12. The number of hydroxylamine groups is 1. The average molecular weight is 292 g/mol. The first-order valence-corrected chi connectivity index (χ1v) is 7.05. The summed E-state index contributed by atoms with van der Waals surface area (Å²) < 4.78 is 34.5. The molecule has 0 spiro atoms. The molecule has 0 aliphatic heterocycles. The van der Waals surface area contributed by atoms with Crippen molar-refractivity contribution in [1.29, 1.82) is 0 Å². The van der Waals surface area contributed by atoms with Gasteiger partial charge in [-0.3, -0.25) is 4.55 Å². The van der Waals surface area contributed by atoms with E-state index in [1.807, 2.05) is 12.4 Å². The molecule has 1 atom stereocenters. The van der Waals surface area contributed by atoms with Gasteiger partial charge in [0.1, 0.15) is 5.75 Å². The molecule has 0 bridgehead atoms. The van der Waals surface area contributed by atoms with Crippen LogP contribution in [0.25, 0.3) is 0 Å². The van der Waals surface area contributed by atoms with Gasteiger partial charge in [0.05, 0.1) is 18.2 Å². The van der Waals surface area contributed by atoms with Gasteiger partial charge in [-0.05, 0) is 30.7 Å². The van der Waals surface area contributed by atoms with Crippen LogP contribution in [0.15, 0.2) is 29.2 Å². The number of rotatable bonds is 5. The van der Waals surface area contributed by atoms with Crippen LogP contribution in [0.3, 0.4) is 0 Å². The first-order valence-electron chi connectivity index (χ1n) is 5.61. The van der Waals surface area contributed by atoms with E-state index < -0.39 is 10.1 Å². The van der Waals surface area contributed by atoms with Crippen LogP contribution in [-0.4, -0.2) is 31.5 Å². The molecular weight excluding hydrogens is 272 g/mol. The van der Waals surface area contributed by atoms with Gasteiger partial charge in [0.2, 0.25) is 0 Å². The highest BCUT2D eigenvalue weighted by Crippen LogP contribution is 2.14. The molecule has 0 aromatic heterocycles. The van der Waals surface area contributed by atoms with Crippen LogP contribution in [0.1, 0.15) is 19.8 Å². The van der Waals surface area contributed by atoms with Crippen molar-refractivity contribution in [1.82, 2.24) is 5.48 Å². The molecule has 0 amide bonds. The predicted molar refractivity (Wildman–Crippen MR) is 70.6 cm³/mol. The van der Waals surface area contributed by atoms with E-state index in [9.17, 15) is 8.42 Å². The zero-order chi connectivity index (χ0) is 14.9. The maximum absolute atomic E-state index is 10.5. The molecular formula is C11H20N2O5S. The van der Waals surface area contributed by atoms with E-state index in [1.165, 1.54) is 31.4 Å². The summed E-state index contributed by atoms with van der Waals surface area (Å²) in [7, 11) is -2.61. The molecule has 0 fully saturated rings. The molecule has 1 rings (SSSR count). The Morgan fingerprint density at radius 2 is 1.89 bits per heavy atom. The second-order valence-electron chi connectivity index (χ2n) is 3.67. The first kappa shape index (κ1) is 17.8. The van der Waals surface area contributed by atoms with Crippen molar-refractivity contribution >= 4 is 10.1 Å². The Morgan fingerprint density at radius 3 is 2.16 bits per heavy atom. The van der Waals surface area contributed by atoms with Crippen LogP contribution in [0.2, 0.25) is 0 Å². The van der Waals surface area contributed by atoms with E-state index in [0.29, 0.717) is 5.75 Å². The van der Waals surface area contributed by atoms with Crippen molar-refractivity contribution in [3.8, 4) is 5.75 Å². The Bertz CT molecular complexity index is 447. The maximum Gasteiger partial charge on any atom is 0.294 e. The Hall–Kier alpha value is -1.19. The summed E-state index contributed by atoms with van der Waals surface area (Å²) in [5.41, 5.74) is 7.17. The Balaban J connectivity index is 0.000000399. The van der Waals surface area contributed by atoms with Gasteiger partial charge in [-0.2, -0.15) is 13.9 Å². The predicted octanol–water partition coefficient (Wildman–Crippen LogP) is 0.992. The summed E-state index contributed by atoms with van der Waals surface area (Å²) in [6.45, 7) is 2.01. The maximum atomic E-state index is 10.5. The van der Waals surface area contributed by atoms with Crippen molar-refractivity contribution in [3.05, 3.63) is 24.3 Å². The van der Waals surface area contributed by atoms with Crippen LogP contribution >= 0.6 is 0 Å². The fourth-order valence-electron chi connectivity index (χ4n) is 1.12. The lowest BCUT2D eigenvalue weighted by molar-refractivity contribution is 0.124. The van der Waals surface area contributed by atoms with Gasteiger partial charge in [0, 0.05) is 0 Å². The van der Waals surface area contributed by atoms with Crippen LogP contribution < -0.4 is 16.0 Å². The Kier molecular flexibility index (Phi) is 8.28. The molecule has 110 valence electrons. The molecule has 1 aromatic rings. The van der Waals surface area contributed by atoms with E-state index >= 15 is 0 Å². The molecule has 0 radical (unpaired) electrons. The average Bonchev–Trinajstić information content (AvgIpc) is 2.39. The number of benzene rings is 1. The molecule has 0 saturated heterocycles. The highest BCUT2D eigenvalue weighted by Gasteiger charge is 2.07. The summed E-state index contributed by atoms with van der Waals surface area (Å²) in [5, 5.41) is 8.09. The van der Waals surface area contributed by atoms with E-state index in [1.54, 1.807) is 0 Å². The largest absolute Gasteiger partial charge is 0.497 e. The monoisotopic (exact) mass is 292 g/mol. The van der Waals surface area contributed by atoms with Crippen molar-refractivity contribution < 1.29 is 22.9 Å². The molecule has 0 aliphatic rings. The Labute approximate surface area is 113 Å². The van der Waals surface area contributed by atoms with Gasteiger partial charge < -0.3 is 15.7 Å².